The predicted octanol–water partition coefficient (Wildman–Crippen LogP) is 3.48. The molecule has 0 aliphatic carbocycles. The van der Waals surface area contributed by atoms with Crippen LogP contribution in [-0.4, -0.2) is 16.1 Å². The average molecular weight is 321 g/mol. The number of phenolic OH excluding ortho intramolecular Hbond substituents is 1. The topological polar surface area (TPSA) is 61.4 Å². The Balaban J connectivity index is 2.01. The van der Waals surface area contributed by atoms with E-state index in [0.29, 0.717) is 16.3 Å². The Kier molecular flexibility index (Phi) is 4.77. The number of benzene rings is 2. The molecule has 0 fully saturated rings. The summed E-state index contributed by atoms with van der Waals surface area (Å²) >= 11 is 10.8. The minimum atomic E-state index is -0.351. The quantitative estimate of drug-likeness (QED) is 0.585. The number of phenols is 1. The van der Waals surface area contributed by atoms with E-state index in [1.165, 1.54) is 0 Å². The molecule has 0 saturated heterocycles. The summed E-state index contributed by atoms with van der Waals surface area (Å²) < 4.78 is 0. The Morgan fingerprint density at radius 1 is 1.19 bits per heavy atom. The second kappa shape index (κ2) is 6.56. The van der Waals surface area contributed by atoms with Crippen LogP contribution in [0.1, 0.15) is 15.9 Å². The summed E-state index contributed by atoms with van der Waals surface area (Å²) in [6.45, 7) is 1.87. The van der Waals surface area contributed by atoms with Gasteiger partial charge in [0.05, 0.1) is 5.69 Å². The van der Waals surface area contributed by atoms with Crippen molar-refractivity contribution >= 4 is 40.5 Å². The van der Waals surface area contributed by atoms with E-state index in [4.69, 9.17) is 23.8 Å². The number of amides is 1. The Hall–Kier alpha value is -2.11. The summed E-state index contributed by atoms with van der Waals surface area (Å²) in [4.78, 5) is 12.0. The van der Waals surface area contributed by atoms with Gasteiger partial charge in [0.25, 0.3) is 5.91 Å². The molecule has 0 aliphatic rings. The van der Waals surface area contributed by atoms with Crippen LogP contribution < -0.4 is 10.6 Å². The smallest absolute Gasteiger partial charge is 0.257 e. The minimum Gasteiger partial charge on any atom is -0.506 e. The third-order valence-corrected chi connectivity index (χ3v) is 3.19. The molecule has 108 valence electrons. The first-order valence-electron chi connectivity index (χ1n) is 6.13. The standard InChI is InChI=1S/C15H13ClN2O2S/c1-9-2-7-12(13(19)8-9)17-15(21)18-14(20)10-3-5-11(16)6-4-10/h2-8,19H,1H3,(H2,17,18,20,21). The van der Waals surface area contributed by atoms with Gasteiger partial charge in [-0.3, -0.25) is 10.1 Å². The van der Waals surface area contributed by atoms with E-state index < -0.39 is 0 Å². The van der Waals surface area contributed by atoms with E-state index in [1.54, 1.807) is 36.4 Å². The van der Waals surface area contributed by atoms with Gasteiger partial charge in [-0.25, -0.2) is 0 Å². The van der Waals surface area contributed by atoms with Gasteiger partial charge < -0.3 is 10.4 Å². The molecule has 2 aromatic carbocycles. The molecule has 0 unspecified atom stereocenters. The van der Waals surface area contributed by atoms with Crippen molar-refractivity contribution in [1.82, 2.24) is 5.32 Å². The number of rotatable bonds is 2. The number of halogens is 1. The minimum absolute atomic E-state index is 0.0677. The van der Waals surface area contributed by atoms with Gasteiger partial charge in [-0.1, -0.05) is 17.7 Å². The molecular formula is C15H13ClN2O2S. The molecule has 4 nitrogen and oxygen atoms in total. The highest BCUT2D eigenvalue weighted by Crippen LogP contribution is 2.23. The number of thiocarbonyl (C=S) groups is 1. The van der Waals surface area contributed by atoms with Crippen molar-refractivity contribution in [1.29, 1.82) is 0 Å². The fourth-order valence-corrected chi connectivity index (χ4v) is 2.01. The van der Waals surface area contributed by atoms with Crippen molar-refractivity contribution in [3.63, 3.8) is 0 Å². The summed E-state index contributed by atoms with van der Waals surface area (Å²) in [5.74, 6) is -0.283. The van der Waals surface area contributed by atoms with Crippen molar-refractivity contribution < 1.29 is 9.90 Å². The lowest BCUT2D eigenvalue weighted by molar-refractivity contribution is 0.0977. The summed E-state index contributed by atoms with van der Waals surface area (Å²) in [5, 5.41) is 15.7. The molecule has 3 N–H and O–H groups in total. The number of aromatic hydroxyl groups is 1. The number of hydrogen-bond donors (Lipinski definition) is 3. The second-order valence-corrected chi connectivity index (χ2v) is 5.28. The van der Waals surface area contributed by atoms with E-state index in [1.807, 2.05) is 13.0 Å². The molecule has 0 saturated carbocycles. The van der Waals surface area contributed by atoms with Gasteiger partial charge in [0.1, 0.15) is 5.75 Å². The van der Waals surface area contributed by atoms with Crippen LogP contribution in [-0.2, 0) is 0 Å². The van der Waals surface area contributed by atoms with Gasteiger partial charge in [0.15, 0.2) is 5.11 Å². The number of hydrogen-bond acceptors (Lipinski definition) is 3. The normalized spacial score (nSPS) is 10.0. The van der Waals surface area contributed by atoms with Crippen LogP contribution in [0.5, 0.6) is 5.75 Å². The molecule has 0 heterocycles. The van der Waals surface area contributed by atoms with Crippen LogP contribution in [0.3, 0.4) is 0 Å². The number of anilines is 1. The zero-order valence-electron chi connectivity index (χ0n) is 11.2. The lowest BCUT2D eigenvalue weighted by Crippen LogP contribution is -2.34. The lowest BCUT2D eigenvalue weighted by Gasteiger charge is -2.11. The maximum atomic E-state index is 12.0. The van der Waals surface area contributed by atoms with Crippen LogP contribution in [0.2, 0.25) is 5.02 Å². The van der Waals surface area contributed by atoms with Gasteiger partial charge >= 0.3 is 0 Å². The van der Waals surface area contributed by atoms with E-state index in [9.17, 15) is 9.90 Å². The molecular weight excluding hydrogens is 308 g/mol. The molecule has 0 aromatic heterocycles. The Morgan fingerprint density at radius 3 is 2.48 bits per heavy atom. The van der Waals surface area contributed by atoms with E-state index in [0.717, 1.165) is 5.56 Å². The van der Waals surface area contributed by atoms with E-state index in [2.05, 4.69) is 10.6 Å². The van der Waals surface area contributed by atoms with Crippen molar-refractivity contribution in [3.05, 3.63) is 58.6 Å². The molecule has 0 atom stereocenters. The van der Waals surface area contributed by atoms with Gasteiger partial charge in [-0.05, 0) is 61.1 Å². The highest BCUT2D eigenvalue weighted by Gasteiger charge is 2.09. The van der Waals surface area contributed by atoms with Crippen LogP contribution in [0.25, 0.3) is 0 Å². The highest BCUT2D eigenvalue weighted by atomic mass is 35.5. The highest BCUT2D eigenvalue weighted by molar-refractivity contribution is 7.80. The summed E-state index contributed by atoms with van der Waals surface area (Å²) in [5.41, 5.74) is 1.80. The Labute approximate surface area is 132 Å². The largest absolute Gasteiger partial charge is 0.506 e. The first-order chi connectivity index (χ1) is 9.95. The van der Waals surface area contributed by atoms with Crippen molar-refractivity contribution in [3.8, 4) is 5.75 Å². The van der Waals surface area contributed by atoms with Crippen molar-refractivity contribution in [2.75, 3.05) is 5.32 Å². The molecule has 0 spiro atoms. The second-order valence-electron chi connectivity index (χ2n) is 4.44. The van der Waals surface area contributed by atoms with Gasteiger partial charge in [-0.2, -0.15) is 0 Å². The number of aryl methyl sites for hydroxylation is 1. The van der Waals surface area contributed by atoms with E-state index in [-0.39, 0.29) is 16.8 Å². The summed E-state index contributed by atoms with van der Waals surface area (Å²) in [6.07, 6.45) is 0. The van der Waals surface area contributed by atoms with Crippen molar-refractivity contribution in [2.24, 2.45) is 0 Å². The molecule has 0 radical (unpaired) electrons. The maximum Gasteiger partial charge on any atom is 0.257 e. The van der Waals surface area contributed by atoms with Gasteiger partial charge in [-0.15, -0.1) is 0 Å². The van der Waals surface area contributed by atoms with Crippen LogP contribution in [0.15, 0.2) is 42.5 Å². The number of nitrogens with one attached hydrogen (secondary N) is 2. The van der Waals surface area contributed by atoms with Crippen LogP contribution >= 0.6 is 23.8 Å². The van der Waals surface area contributed by atoms with Crippen molar-refractivity contribution in [2.45, 2.75) is 6.92 Å². The SMILES string of the molecule is Cc1ccc(NC(=S)NC(=O)c2ccc(Cl)cc2)c(O)c1. The molecule has 21 heavy (non-hydrogen) atoms. The number of carbonyl (C=O) groups excluding carboxylic acids is 1. The zero-order chi connectivity index (χ0) is 15.4. The first kappa shape index (κ1) is 15.3. The average Bonchev–Trinajstić information content (AvgIpc) is 2.42. The van der Waals surface area contributed by atoms with E-state index >= 15 is 0 Å². The molecule has 6 heteroatoms. The summed E-state index contributed by atoms with van der Waals surface area (Å²) in [6, 6.07) is 11.6. The molecule has 0 bridgehead atoms. The van der Waals surface area contributed by atoms with Gasteiger partial charge in [0, 0.05) is 10.6 Å². The molecule has 0 aliphatic heterocycles. The summed E-state index contributed by atoms with van der Waals surface area (Å²) in [7, 11) is 0. The third-order valence-electron chi connectivity index (χ3n) is 2.73. The zero-order valence-corrected chi connectivity index (χ0v) is 12.8. The fourth-order valence-electron chi connectivity index (χ4n) is 1.68. The predicted molar refractivity (Wildman–Crippen MR) is 88.0 cm³/mol. The number of carbonyl (C=O) groups is 1. The Morgan fingerprint density at radius 2 is 1.86 bits per heavy atom. The maximum absolute atomic E-state index is 12.0. The monoisotopic (exact) mass is 320 g/mol. The first-order valence-corrected chi connectivity index (χ1v) is 6.92. The fraction of sp³-hybridized carbons (Fsp3) is 0.0667. The van der Waals surface area contributed by atoms with Gasteiger partial charge in [0.2, 0.25) is 0 Å². The van der Waals surface area contributed by atoms with Crippen LogP contribution in [0.4, 0.5) is 5.69 Å². The lowest BCUT2D eigenvalue weighted by atomic mass is 10.2. The van der Waals surface area contributed by atoms with Crippen LogP contribution in [0, 0.1) is 6.92 Å². The third kappa shape index (κ3) is 4.18. The Bertz CT molecular complexity index is 687. The molecule has 2 aromatic rings. The molecule has 2 rings (SSSR count). The molecule has 1 amide bonds.